The second-order valence-electron chi connectivity index (χ2n) is 58.8. The summed E-state index contributed by atoms with van der Waals surface area (Å²) in [5, 5.41) is 71.9. The number of ketones is 2. The van der Waals surface area contributed by atoms with Crippen molar-refractivity contribution < 1.29 is 284 Å². The van der Waals surface area contributed by atoms with Gasteiger partial charge in [-0.25, -0.2) is 0 Å². The minimum atomic E-state index is -1.32. The molecule has 16 nitrogen and oxygen atoms in total. The Labute approximate surface area is 1040 Å². The Kier molecular flexibility index (Phi) is 34.9. The third-order valence-corrected chi connectivity index (χ3v) is 53.9. The first-order chi connectivity index (χ1) is 64.6. The molecule has 0 spiro atoms. The van der Waals surface area contributed by atoms with E-state index in [1.807, 2.05) is 13.0 Å². The number of allylic oxidation sites excluding steroid dienone is 8. The van der Waals surface area contributed by atoms with Gasteiger partial charge in [0.05, 0.1) is 36.1 Å². The Morgan fingerprint density at radius 3 is 0.806 bits per heavy atom. The Morgan fingerprint density at radius 2 is 0.521 bits per heavy atom. The molecule has 16 saturated carbocycles. The number of aliphatic hydroxyl groups excluding tert-OH is 2. The van der Waals surface area contributed by atoms with E-state index < -0.39 is 92.7 Å². The van der Waals surface area contributed by atoms with Crippen LogP contribution >= 0.6 is 0 Å². The molecule has 0 bridgehead atoms. The van der Waals surface area contributed by atoms with Crippen LogP contribution in [-0.4, -0.2) is 82.0 Å². The van der Waals surface area contributed by atoms with Crippen LogP contribution in [0.4, 0.5) is 0 Å². The molecule has 20 aliphatic carbocycles. The number of carbonyl (C=O) groups excluding carboxylic acids is 8. The van der Waals surface area contributed by atoms with E-state index in [9.17, 15) is 69.0 Å². The molecule has 0 heterocycles. The van der Waals surface area contributed by atoms with Gasteiger partial charge >= 0.3 is 217 Å². The average Bonchev–Trinajstić information content (AvgIpc) is 0.679. The van der Waals surface area contributed by atoms with Gasteiger partial charge in [-0.1, -0.05) is 228 Å². The van der Waals surface area contributed by atoms with Gasteiger partial charge in [0.25, 0.3) is 0 Å². The van der Waals surface area contributed by atoms with Crippen molar-refractivity contribution in [3.63, 3.8) is 0 Å². The summed E-state index contributed by atoms with van der Waals surface area (Å²) in [5.41, 5.74) is 1.72. The first-order valence-electron chi connectivity index (χ1n) is 57.1. The van der Waals surface area contributed by atoms with Crippen LogP contribution in [0.25, 0.3) is 0 Å². The van der Waals surface area contributed by atoms with E-state index in [0.717, 1.165) is 101 Å². The summed E-state index contributed by atoms with van der Waals surface area (Å²) in [7, 11) is 0. The van der Waals surface area contributed by atoms with E-state index in [-0.39, 0.29) is 318 Å². The van der Waals surface area contributed by atoms with Crippen LogP contribution in [0.15, 0.2) is 46.6 Å². The zero-order valence-electron chi connectivity index (χ0n) is 96.8. The number of rotatable bonds is 6. The number of ether oxygens (including phenoxy) is 2. The summed E-state index contributed by atoms with van der Waals surface area (Å²) in [6.45, 7) is 68.1. The van der Waals surface area contributed by atoms with Gasteiger partial charge in [0.2, 0.25) is 0 Å². The summed E-state index contributed by atoms with van der Waals surface area (Å²) >= 11 is 0. The third kappa shape index (κ3) is 17.2. The maximum Gasteiger partial charge on any atom is 1.00 e. The molecule has 0 radical (unpaired) electrons. The molecule has 0 saturated heterocycles. The van der Waals surface area contributed by atoms with E-state index in [1.54, 1.807) is 31.9 Å². The van der Waals surface area contributed by atoms with Gasteiger partial charge in [-0.15, -0.1) is 0 Å². The second-order valence-corrected chi connectivity index (χ2v) is 58.8. The van der Waals surface area contributed by atoms with Crippen molar-refractivity contribution in [1.82, 2.24) is 0 Å². The molecule has 20 heteroatoms. The van der Waals surface area contributed by atoms with Gasteiger partial charge in [-0.3, -0.25) is 19.2 Å². The van der Waals surface area contributed by atoms with Gasteiger partial charge in [0.1, 0.15) is 12.2 Å². The number of carbonyl (C=O) groups is 8. The quantitative estimate of drug-likeness (QED) is 0.142. The third-order valence-electron chi connectivity index (χ3n) is 53.9. The van der Waals surface area contributed by atoms with Crippen LogP contribution in [-0.2, 0) is 47.8 Å². The molecule has 784 valence electrons. The second kappa shape index (κ2) is 41.0. The van der Waals surface area contributed by atoms with Gasteiger partial charge in [-0.2, -0.15) is 0 Å². The topological polar surface area (TPSA) is 288 Å². The largest absolute Gasteiger partial charge is 1.00 e. The Hall–Kier alpha value is 1.59. The Bertz CT molecular complexity index is 5130. The van der Waals surface area contributed by atoms with Crippen molar-refractivity contribution in [3.05, 3.63) is 46.6 Å². The molecule has 44 atom stereocenters. The fraction of sp³-hybridized carbons (Fsp3) is 0.871. The van der Waals surface area contributed by atoms with Gasteiger partial charge < -0.3 is 59.3 Å². The maximum absolute atomic E-state index is 14.4. The fourth-order valence-electron chi connectivity index (χ4n) is 43.6. The maximum atomic E-state index is 14.4. The number of carboxylic acid groups (broad SMARTS) is 4. The minimum absolute atomic E-state index is 0. The number of aliphatic carboxylic acids is 4. The summed E-state index contributed by atoms with van der Waals surface area (Å²) in [6.07, 6.45) is 40.8. The van der Waals surface area contributed by atoms with Crippen molar-refractivity contribution in [2.75, 3.05) is 0 Å². The number of aliphatic hydroxyl groups is 2. The summed E-state index contributed by atoms with van der Waals surface area (Å²) in [6, 6.07) is 0. The molecular formula is C124H188K4O16. The van der Waals surface area contributed by atoms with E-state index in [4.69, 9.17) is 9.47 Å². The number of carboxylic acids is 4. The molecule has 2 N–H and O–H groups in total. The van der Waals surface area contributed by atoms with Crippen molar-refractivity contribution in [2.45, 2.75) is 450 Å². The summed E-state index contributed by atoms with van der Waals surface area (Å²) in [4.78, 5) is 103. The van der Waals surface area contributed by atoms with Crippen molar-refractivity contribution in [1.29, 1.82) is 0 Å². The molecule has 16 fully saturated rings. The smallest absolute Gasteiger partial charge is 0.549 e. The zero-order valence-corrected chi connectivity index (χ0v) is 109. The molecule has 0 amide bonds. The number of hydrogen-bond acceptors (Lipinski definition) is 16. The van der Waals surface area contributed by atoms with Crippen molar-refractivity contribution in [2.24, 2.45) is 227 Å². The molecule has 20 aliphatic rings. The molecule has 0 unspecified atom stereocenters. The molecule has 20 rings (SSSR count). The van der Waals surface area contributed by atoms with Gasteiger partial charge in [0, 0.05) is 47.3 Å². The minimum Gasteiger partial charge on any atom is -0.549 e. The van der Waals surface area contributed by atoms with Gasteiger partial charge in [0.15, 0.2) is 11.6 Å². The zero-order chi connectivity index (χ0) is 103. The van der Waals surface area contributed by atoms with Crippen LogP contribution < -0.4 is 226 Å². The van der Waals surface area contributed by atoms with Gasteiger partial charge in [-0.05, 0) is 424 Å². The SMILES string of the molecule is CC(=O)O[C@@H]1CC[C@@]2(C)[C@@H](CC[C@]3(C)[C@@H]2C(=O)C=C2[C@@H]4[C@@H](C)[C@H](C)CC[C@]4(C)CC[C@]23C)[C@@]1(C)C(=O)[O-].CC(=O)O[C@@H]1CC[C@@]2(C)[C@@H](CC[C@]3(C)[C@@H]2CC=C2[C@@H]4[C@@H](C)[C@H](C)CC[C@]4(C)CC[C@]23C)[C@@]1(C)C(=O)[O-].C[C@H]1[C@H](C)CC[C@]2(C)CC[C@]3(C)C(=CC(=O)[C@@H]4[C@@]5(C)CC[C@@H](O)[C@](C)(C(=O)[O-])[C@@H]5CC[C@]43C)[C@H]12.C[C@H]1[C@H](C)CC[C@]2(C)CC[C@]3(C)C(=CC[C@@H]4[C@@]5(C)CC[C@@H](O)[C@](C)(C(=O)[O-])[C@@H]5CC[C@]43C)[C@H]12.[K+].[K+].[K+].[K+]. The summed E-state index contributed by atoms with van der Waals surface area (Å²) < 4.78 is 11.2. The average molecular weight is 2090 g/mol. The molecule has 0 aromatic rings. The van der Waals surface area contributed by atoms with Crippen LogP contribution in [0.3, 0.4) is 0 Å². The van der Waals surface area contributed by atoms with Crippen molar-refractivity contribution in [3.8, 4) is 0 Å². The van der Waals surface area contributed by atoms with Crippen molar-refractivity contribution >= 4 is 47.4 Å². The molecule has 0 aliphatic heterocycles. The number of esters is 2. The first kappa shape index (κ1) is 123. The van der Waals surface area contributed by atoms with E-state index in [0.29, 0.717) is 121 Å². The van der Waals surface area contributed by atoms with Crippen LogP contribution in [0.5, 0.6) is 0 Å². The molecule has 144 heavy (non-hydrogen) atoms. The normalized spacial score (nSPS) is 54.0. The monoisotopic (exact) mass is 2090 g/mol. The molecule has 0 aromatic carbocycles. The predicted octanol–water partition coefficient (Wildman–Crippen LogP) is 10.5. The van der Waals surface area contributed by atoms with Crippen LogP contribution in [0, 0.1) is 227 Å². The van der Waals surface area contributed by atoms with Crippen LogP contribution in [0.2, 0.25) is 0 Å². The molecule has 0 aromatic heterocycles. The number of fused-ring (bicyclic) bond motifs is 28. The summed E-state index contributed by atoms with van der Waals surface area (Å²) in [5.74, 6) is 2.61. The standard InChI is InChI=1S/C32H48O5.C32H50O4.C30H46O4.C30H48O3.4K/c1-18-9-12-28(4)15-16-30(6)21(25(28)19(18)2)17-22(34)26-29(5)13-11-24(37-20(3)33)32(8,27(35)36)23(29)10-14-31(26,30)7;1-19-11-14-28(4)17-18-30(6)22(26(28)20(19)2)9-10-23-29(5)15-13-25(36-21(3)33)32(8,27(34)35)24(29)12-16-31(23,30)7;1-17-8-11-26(3)14-15-28(5)19(23(26)18(17)2)16-20(31)24-27(4)12-10-22(32)30(7,25(33)34)21(27)9-13-29(24,28)6;1-18-10-13-26(3)16-17-28(5)20(24(26)19(18)2)8-9-21-27(4)14-12-23(31)30(7,25(32)33)22(27)11-15-29(21,28)6;;;;/h17-19,23-26H,9-16H2,1-8H3,(H,35,36);9,19-20,23-26H,10-18H2,1-8H3,(H,34,35);16-18,21-24,32H,8-15H2,1-7H3,(H,33,34);8,18-19,21-24,31H,9-17H2,1-7H3,(H,32,33);;;;/q;;;;4*+1/p-4/t18-,19+,23-,24-,25+,26-,28-,29+,30-,31-,32-;19-,20+,23-,24-,25-,26+,28-,29-,30-,31-,32-;17-,18+,21-,22-,23+,24-,26-,27+,28-,29-,30-;18-,19+,21-,22-,23-,24+,26-,27-,28-,29-,30-;;;;/m1111..../s1. The predicted molar refractivity (Wildman–Crippen MR) is 540 cm³/mol. The Morgan fingerprint density at radius 1 is 0.285 bits per heavy atom. The first-order valence-corrected chi connectivity index (χ1v) is 57.1. The van der Waals surface area contributed by atoms with Crippen LogP contribution in [0.1, 0.15) is 426 Å². The van der Waals surface area contributed by atoms with E-state index >= 15 is 0 Å². The van der Waals surface area contributed by atoms with E-state index in [1.165, 1.54) is 115 Å². The number of hydrogen-bond donors (Lipinski definition) is 2. The van der Waals surface area contributed by atoms with E-state index in [2.05, 4.69) is 184 Å². The Balaban J connectivity index is 0.000000160. The molecular weight excluding hydrogens is 1900 g/mol. The fourth-order valence-corrected chi connectivity index (χ4v) is 43.6.